The number of ether oxygens (including phenoxy) is 2. The third kappa shape index (κ3) is 3.96. The van der Waals surface area contributed by atoms with Gasteiger partial charge in [-0.3, -0.25) is 4.79 Å². The van der Waals surface area contributed by atoms with E-state index in [2.05, 4.69) is 10.1 Å². The highest BCUT2D eigenvalue weighted by Crippen LogP contribution is 2.27. The molecule has 4 nitrogen and oxygen atoms in total. The summed E-state index contributed by atoms with van der Waals surface area (Å²) in [7, 11) is 1.33. The molecule has 1 aromatic carbocycles. The Balaban J connectivity index is 0.00000180. The first-order valence-corrected chi connectivity index (χ1v) is 5.91. The van der Waals surface area contributed by atoms with Crippen molar-refractivity contribution in [2.45, 2.75) is 18.6 Å². The second-order valence-electron chi connectivity index (χ2n) is 4.03. The van der Waals surface area contributed by atoms with Crippen LogP contribution in [0.5, 0.6) is 5.75 Å². The Morgan fingerprint density at radius 3 is 2.95 bits per heavy atom. The fourth-order valence-electron chi connectivity index (χ4n) is 1.86. The van der Waals surface area contributed by atoms with Crippen LogP contribution in [-0.4, -0.2) is 31.8 Å². The van der Waals surface area contributed by atoms with Crippen molar-refractivity contribution in [3.8, 4) is 5.75 Å². The number of halogens is 3. The van der Waals surface area contributed by atoms with E-state index in [1.807, 2.05) is 0 Å². The van der Waals surface area contributed by atoms with Crippen molar-refractivity contribution in [3.05, 3.63) is 29.0 Å². The molecule has 106 valence electrons. The van der Waals surface area contributed by atoms with Crippen molar-refractivity contribution in [2.24, 2.45) is 0 Å². The molecule has 0 amide bonds. The van der Waals surface area contributed by atoms with Gasteiger partial charge < -0.3 is 14.8 Å². The molecule has 0 bridgehead atoms. The number of benzene rings is 1. The van der Waals surface area contributed by atoms with Crippen LogP contribution in [-0.2, 0) is 9.53 Å². The minimum Gasteiger partial charge on any atom is -0.487 e. The highest BCUT2D eigenvalue weighted by Gasteiger charge is 2.31. The molecular formula is C12H14Cl2FNO3. The number of carbonyl (C=O) groups is 1. The Kier molecular flexibility index (Phi) is 5.85. The van der Waals surface area contributed by atoms with Gasteiger partial charge in [-0.15, -0.1) is 12.4 Å². The molecule has 1 fully saturated rings. The van der Waals surface area contributed by atoms with Crippen LogP contribution in [0, 0.1) is 5.82 Å². The highest BCUT2D eigenvalue weighted by atomic mass is 35.5. The van der Waals surface area contributed by atoms with E-state index in [0.717, 1.165) is 0 Å². The lowest BCUT2D eigenvalue weighted by Crippen LogP contribution is -2.31. The highest BCUT2D eigenvalue weighted by molar-refractivity contribution is 6.32. The lowest BCUT2D eigenvalue weighted by Gasteiger charge is -2.14. The normalized spacial score (nSPS) is 21.6. The maximum absolute atomic E-state index is 13.1. The van der Waals surface area contributed by atoms with Crippen LogP contribution in [0.2, 0.25) is 5.02 Å². The molecule has 1 N–H and O–H groups in total. The van der Waals surface area contributed by atoms with Crippen LogP contribution >= 0.6 is 24.0 Å². The summed E-state index contributed by atoms with van der Waals surface area (Å²) in [5.41, 5.74) is 0. The smallest absolute Gasteiger partial charge is 0.323 e. The zero-order valence-corrected chi connectivity index (χ0v) is 11.8. The molecule has 0 aromatic heterocycles. The van der Waals surface area contributed by atoms with Crippen LogP contribution < -0.4 is 10.1 Å². The van der Waals surface area contributed by atoms with Crippen LogP contribution in [0.25, 0.3) is 0 Å². The minimum atomic E-state index is -0.412. The van der Waals surface area contributed by atoms with Gasteiger partial charge in [0.2, 0.25) is 0 Å². The maximum Gasteiger partial charge on any atom is 0.323 e. The van der Waals surface area contributed by atoms with E-state index in [1.165, 1.54) is 25.3 Å². The molecule has 19 heavy (non-hydrogen) atoms. The van der Waals surface area contributed by atoms with Crippen LogP contribution in [0.15, 0.2) is 18.2 Å². The van der Waals surface area contributed by atoms with Gasteiger partial charge >= 0.3 is 5.97 Å². The standard InChI is InChI=1S/C12H13ClFNO3.ClH/c1-17-12(16)10-5-8(6-15-10)18-11-4-7(14)2-3-9(11)13;/h2-4,8,10,15H,5-6H2,1H3;1H. The predicted molar refractivity (Wildman–Crippen MR) is 71.5 cm³/mol. The molecule has 1 aliphatic heterocycles. The summed E-state index contributed by atoms with van der Waals surface area (Å²) in [4.78, 5) is 11.3. The Morgan fingerprint density at radius 1 is 1.53 bits per heavy atom. The van der Waals surface area contributed by atoms with Gasteiger partial charge in [-0.1, -0.05) is 11.6 Å². The molecule has 2 rings (SSSR count). The predicted octanol–water partition coefficient (Wildman–Crippen LogP) is 2.18. The summed E-state index contributed by atoms with van der Waals surface area (Å²) in [5.74, 6) is -0.453. The molecule has 0 aliphatic carbocycles. The molecule has 2 atom stereocenters. The molecule has 1 heterocycles. The molecule has 2 unspecified atom stereocenters. The largest absolute Gasteiger partial charge is 0.487 e. The maximum atomic E-state index is 13.1. The SMILES string of the molecule is COC(=O)C1CC(Oc2cc(F)ccc2Cl)CN1.Cl. The molecule has 0 spiro atoms. The van der Waals surface area contributed by atoms with Crippen molar-refractivity contribution in [2.75, 3.05) is 13.7 Å². The molecule has 1 aliphatic rings. The molecule has 0 radical (unpaired) electrons. The zero-order chi connectivity index (χ0) is 13.1. The summed E-state index contributed by atoms with van der Waals surface area (Å²) in [6, 6.07) is 3.55. The first kappa shape index (κ1) is 16.0. The second-order valence-corrected chi connectivity index (χ2v) is 4.44. The zero-order valence-electron chi connectivity index (χ0n) is 10.2. The lowest BCUT2D eigenvalue weighted by molar-refractivity contribution is -0.142. The molecule has 7 heteroatoms. The Hall–Kier alpha value is -1.04. The average molecular weight is 310 g/mol. The van der Waals surface area contributed by atoms with Gasteiger partial charge in [0.05, 0.1) is 12.1 Å². The monoisotopic (exact) mass is 309 g/mol. The van der Waals surface area contributed by atoms with Gasteiger partial charge in [-0.25, -0.2) is 4.39 Å². The van der Waals surface area contributed by atoms with Crippen LogP contribution in [0.1, 0.15) is 6.42 Å². The minimum absolute atomic E-state index is 0. The van der Waals surface area contributed by atoms with Crippen molar-refractivity contribution >= 4 is 30.0 Å². The molecule has 0 saturated carbocycles. The van der Waals surface area contributed by atoms with Gasteiger partial charge in [-0.05, 0) is 12.1 Å². The number of rotatable bonds is 3. The van der Waals surface area contributed by atoms with Crippen molar-refractivity contribution < 1.29 is 18.7 Å². The van der Waals surface area contributed by atoms with E-state index in [9.17, 15) is 9.18 Å². The Labute approximate surface area is 121 Å². The molecule has 1 aromatic rings. The number of nitrogens with one attached hydrogen (secondary N) is 1. The van der Waals surface area contributed by atoms with E-state index in [0.29, 0.717) is 18.0 Å². The average Bonchev–Trinajstić information content (AvgIpc) is 2.81. The van der Waals surface area contributed by atoms with Gasteiger partial charge in [0, 0.05) is 19.0 Å². The third-order valence-corrected chi connectivity index (χ3v) is 3.08. The topological polar surface area (TPSA) is 47.6 Å². The number of esters is 1. The third-order valence-electron chi connectivity index (χ3n) is 2.76. The summed E-state index contributed by atoms with van der Waals surface area (Å²) in [5, 5.41) is 3.32. The van der Waals surface area contributed by atoms with E-state index >= 15 is 0 Å². The van der Waals surface area contributed by atoms with Crippen LogP contribution in [0.3, 0.4) is 0 Å². The fraction of sp³-hybridized carbons (Fsp3) is 0.417. The van der Waals surface area contributed by atoms with Crippen molar-refractivity contribution in [1.29, 1.82) is 0 Å². The van der Waals surface area contributed by atoms with Crippen molar-refractivity contribution in [3.63, 3.8) is 0 Å². The van der Waals surface area contributed by atoms with Crippen molar-refractivity contribution in [1.82, 2.24) is 5.32 Å². The lowest BCUT2D eigenvalue weighted by atomic mass is 10.2. The number of methoxy groups -OCH3 is 1. The first-order valence-electron chi connectivity index (χ1n) is 5.53. The van der Waals surface area contributed by atoms with Gasteiger partial charge in [0.1, 0.15) is 23.7 Å². The number of hydrogen-bond acceptors (Lipinski definition) is 4. The Bertz CT molecular complexity index is 459. The molecule has 1 saturated heterocycles. The van der Waals surface area contributed by atoms with E-state index in [-0.39, 0.29) is 36.3 Å². The summed E-state index contributed by atoms with van der Waals surface area (Å²) < 4.78 is 23.3. The number of hydrogen-bond donors (Lipinski definition) is 1. The first-order chi connectivity index (χ1) is 8.60. The van der Waals surface area contributed by atoms with E-state index < -0.39 is 5.82 Å². The van der Waals surface area contributed by atoms with Crippen LogP contribution in [0.4, 0.5) is 4.39 Å². The van der Waals surface area contributed by atoms with E-state index in [1.54, 1.807) is 0 Å². The van der Waals surface area contributed by atoms with Gasteiger partial charge in [-0.2, -0.15) is 0 Å². The summed E-state index contributed by atoms with van der Waals surface area (Å²) >= 11 is 5.90. The van der Waals surface area contributed by atoms with Gasteiger partial charge in [0.15, 0.2) is 0 Å². The van der Waals surface area contributed by atoms with Gasteiger partial charge in [0.25, 0.3) is 0 Å². The quantitative estimate of drug-likeness (QED) is 0.870. The molecular weight excluding hydrogens is 296 g/mol. The summed E-state index contributed by atoms with van der Waals surface area (Å²) in [6.07, 6.45) is 0.243. The van der Waals surface area contributed by atoms with E-state index in [4.69, 9.17) is 16.3 Å². The number of carbonyl (C=O) groups excluding carboxylic acids is 1. The second kappa shape index (κ2) is 6.93. The summed E-state index contributed by atoms with van der Waals surface area (Å²) in [6.45, 7) is 0.493. The Morgan fingerprint density at radius 2 is 2.26 bits per heavy atom. The fourth-order valence-corrected chi connectivity index (χ4v) is 2.02.